The molecular weight excluding hydrogens is 621 g/mol. The van der Waals surface area contributed by atoms with Gasteiger partial charge in [-0.25, -0.2) is 4.98 Å². The first kappa shape index (κ1) is 32.0. The van der Waals surface area contributed by atoms with Crippen molar-refractivity contribution in [2.45, 2.75) is 11.8 Å². The third kappa shape index (κ3) is 8.62. The van der Waals surface area contributed by atoms with Crippen LogP contribution in [0.5, 0.6) is 11.5 Å². The van der Waals surface area contributed by atoms with Gasteiger partial charge in [-0.1, -0.05) is 54.1 Å². The minimum Gasteiger partial charge on any atom is -0.508 e. The summed E-state index contributed by atoms with van der Waals surface area (Å²) in [5, 5.41) is 20.6. The number of methoxy groups -OCH3 is 1. The smallest absolute Gasteiger partial charge is 0.272 e. The molecule has 0 aliphatic carbocycles. The zero-order valence-electron chi connectivity index (χ0n) is 24.9. The number of amides is 3. The van der Waals surface area contributed by atoms with Crippen LogP contribution in [0, 0.1) is 6.92 Å². The first-order valence-electron chi connectivity index (χ1n) is 14.1. The number of benzene rings is 4. The topological polar surface area (TPSA) is 130 Å². The third-order valence-corrected chi connectivity index (χ3v) is 8.36. The minimum absolute atomic E-state index is 0.00466. The number of thiazole rings is 1. The van der Waals surface area contributed by atoms with Crippen LogP contribution in [0.1, 0.15) is 21.5 Å². The van der Waals surface area contributed by atoms with Crippen LogP contribution in [0.4, 0.5) is 10.8 Å². The van der Waals surface area contributed by atoms with E-state index in [-0.39, 0.29) is 23.1 Å². The lowest BCUT2D eigenvalue weighted by Crippen LogP contribution is -2.30. The number of aromatic hydroxyl groups is 1. The number of phenols is 1. The van der Waals surface area contributed by atoms with Gasteiger partial charge in [0.1, 0.15) is 17.2 Å². The number of aryl methyl sites for hydroxylation is 1. The average molecular weight is 651 g/mol. The van der Waals surface area contributed by atoms with E-state index in [4.69, 9.17) is 4.74 Å². The number of carbonyl (C=O) groups is 3. The van der Waals surface area contributed by atoms with Crippen molar-refractivity contribution < 1.29 is 24.2 Å². The minimum atomic E-state index is -0.576. The Bertz CT molecular complexity index is 1890. The molecule has 0 saturated heterocycles. The van der Waals surface area contributed by atoms with E-state index >= 15 is 0 Å². The number of carbonyl (C=O) groups excluding carboxylic acids is 3. The Balaban J connectivity index is 1.25. The standard InChI is InChI=1S/C35H30N4O5S2/c1-22-11-13-23(14-12-22)30-20-46-35(38-30)39-32(41)21-45-28-10-6-9-26(18-28)36-34(43)29(37-33(42)24-7-4-3-5-8-24)17-25-15-16-27(40)19-31(25)44-2/h3-20,40H,21H2,1-2H3,(H,36,43)(H,37,42)(H,38,39,41)/b29-17+. The van der Waals surface area contributed by atoms with Gasteiger partial charge in [0, 0.05) is 38.7 Å². The number of nitrogens with one attached hydrogen (secondary N) is 3. The summed E-state index contributed by atoms with van der Waals surface area (Å²) in [6, 6.07) is 28.0. The monoisotopic (exact) mass is 650 g/mol. The van der Waals surface area contributed by atoms with Gasteiger partial charge >= 0.3 is 0 Å². The largest absolute Gasteiger partial charge is 0.508 e. The first-order chi connectivity index (χ1) is 22.3. The van der Waals surface area contributed by atoms with Crippen molar-refractivity contribution in [3.8, 4) is 22.8 Å². The van der Waals surface area contributed by atoms with Gasteiger partial charge < -0.3 is 25.8 Å². The zero-order valence-corrected chi connectivity index (χ0v) is 26.6. The molecule has 1 heterocycles. The highest BCUT2D eigenvalue weighted by molar-refractivity contribution is 8.00. The van der Waals surface area contributed by atoms with Crippen molar-refractivity contribution >= 4 is 57.7 Å². The lowest BCUT2D eigenvalue weighted by Gasteiger charge is -2.13. The second kappa shape index (κ2) is 15.1. The lowest BCUT2D eigenvalue weighted by molar-refractivity contribution is -0.114. The number of hydrogen-bond donors (Lipinski definition) is 4. The Morgan fingerprint density at radius 2 is 1.72 bits per heavy atom. The number of hydrogen-bond acceptors (Lipinski definition) is 8. The number of nitrogens with zero attached hydrogens (tertiary/aromatic N) is 1. The molecule has 4 aromatic carbocycles. The summed E-state index contributed by atoms with van der Waals surface area (Å²) in [6.45, 7) is 2.02. The van der Waals surface area contributed by atoms with Crippen LogP contribution in [-0.2, 0) is 9.59 Å². The maximum absolute atomic E-state index is 13.5. The molecule has 3 amide bonds. The zero-order chi connectivity index (χ0) is 32.5. The molecule has 0 unspecified atom stereocenters. The van der Waals surface area contributed by atoms with Crippen LogP contribution in [0.15, 0.2) is 113 Å². The normalized spacial score (nSPS) is 11.0. The van der Waals surface area contributed by atoms with E-state index in [9.17, 15) is 19.5 Å². The molecule has 0 saturated carbocycles. The summed E-state index contributed by atoms with van der Waals surface area (Å²) in [7, 11) is 1.44. The van der Waals surface area contributed by atoms with Gasteiger partial charge in [0.2, 0.25) is 5.91 Å². The van der Waals surface area contributed by atoms with E-state index in [1.165, 1.54) is 48.4 Å². The predicted molar refractivity (Wildman–Crippen MR) is 183 cm³/mol. The van der Waals surface area contributed by atoms with Crippen LogP contribution in [-0.4, -0.2) is 40.7 Å². The van der Waals surface area contributed by atoms with Crippen LogP contribution in [0.25, 0.3) is 17.3 Å². The fourth-order valence-electron chi connectivity index (χ4n) is 4.27. The molecule has 5 rings (SSSR count). The van der Waals surface area contributed by atoms with Gasteiger partial charge in [0.25, 0.3) is 11.8 Å². The molecule has 46 heavy (non-hydrogen) atoms. The van der Waals surface area contributed by atoms with Crippen molar-refractivity contribution in [3.05, 3.63) is 125 Å². The summed E-state index contributed by atoms with van der Waals surface area (Å²) >= 11 is 2.67. The molecule has 0 aliphatic heterocycles. The molecule has 232 valence electrons. The maximum Gasteiger partial charge on any atom is 0.272 e. The van der Waals surface area contributed by atoms with Crippen LogP contribution in [0.2, 0.25) is 0 Å². The fraction of sp³-hybridized carbons (Fsp3) is 0.0857. The Hall–Kier alpha value is -5.39. The molecule has 0 bridgehead atoms. The summed E-state index contributed by atoms with van der Waals surface area (Å²) < 4.78 is 5.35. The molecule has 0 spiro atoms. The van der Waals surface area contributed by atoms with Crippen molar-refractivity contribution in [2.75, 3.05) is 23.5 Å². The second-order valence-electron chi connectivity index (χ2n) is 10.0. The van der Waals surface area contributed by atoms with Crippen LogP contribution in [0.3, 0.4) is 0 Å². The van der Waals surface area contributed by atoms with E-state index < -0.39 is 11.8 Å². The Morgan fingerprint density at radius 3 is 2.48 bits per heavy atom. The summed E-state index contributed by atoms with van der Waals surface area (Å²) in [5.41, 5.74) is 4.22. The SMILES string of the molecule is COc1cc(O)ccc1/C=C(/NC(=O)c1ccccc1)C(=O)Nc1cccc(SCC(=O)Nc2nc(-c3ccc(C)cc3)cs2)c1. The highest BCUT2D eigenvalue weighted by Gasteiger charge is 2.17. The summed E-state index contributed by atoms with van der Waals surface area (Å²) in [6.07, 6.45) is 1.47. The molecule has 1 aromatic heterocycles. The highest BCUT2D eigenvalue weighted by Crippen LogP contribution is 2.28. The van der Waals surface area contributed by atoms with E-state index in [0.29, 0.717) is 27.7 Å². The average Bonchev–Trinajstić information content (AvgIpc) is 3.53. The molecule has 4 N–H and O–H groups in total. The van der Waals surface area contributed by atoms with Crippen LogP contribution >= 0.6 is 23.1 Å². The van der Waals surface area contributed by atoms with Crippen molar-refractivity contribution in [3.63, 3.8) is 0 Å². The number of thioether (sulfide) groups is 1. The van der Waals surface area contributed by atoms with Crippen molar-refractivity contribution in [1.82, 2.24) is 10.3 Å². The predicted octanol–water partition coefficient (Wildman–Crippen LogP) is 6.97. The van der Waals surface area contributed by atoms with E-state index in [2.05, 4.69) is 20.9 Å². The number of aromatic nitrogens is 1. The number of anilines is 2. The van der Waals surface area contributed by atoms with Gasteiger partial charge in [0.15, 0.2) is 5.13 Å². The van der Waals surface area contributed by atoms with Crippen molar-refractivity contribution in [2.24, 2.45) is 0 Å². The Labute approximate surface area is 274 Å². The van der Waals surface area contributed by atoms with E-state index in [1.807, 2.05) is 42.6 Å². The summed E-state index contributed by atoms with van der Waals surface area (Å²) in [4.78, 5) is 44.4. The number of ether oxygens (including phenoxy) is 1. The van der Waals surface area contributed by atoms with E-state index in [1.54, 1.807) is 54.6 Å². The summed E-state index contributed by atoms with van der Waals surface area (Å²) in [5.74, 6) is -0.805. The van der Waals surface area contributed by atoms with Gasteiger partial charge in [0.05, 0.1) is 18.6 Å². The van der Waals surface area contributed by atoms with Gasteiger partial charge in [-0.05, 0) is 55.5 Å². The van der Waals surface area contributed by atoms with Gasteiger partial charge in [-0.3, -0.25) is 14.4 Å². The lowest BCUT2D eigenvalue weighted by atomic mass is 10.1. The first-order valence-corrected chi connectivity index (χ1v) is 16.0. The molecular formula is C35H30N4O5S2. The third-order valence-electron chi connectivity index (χ3n) is 6.61. The maximum atomic E-state index is 13.5. The second-order valence-corrected chi connectivity index (χ2v) is 11.9. The van der Waals surface area contributed by atoms with Crippen LogP contribution < -0.4 is 20.7 Å². The molecule has 5 aromatic rings. The van der Waals surface area contributed by atoms with E-state index in [0.717, 1.165) is 21.7 Å². The number of rotatable bonds is 11. The fourth-order valence-corrected chi connectivity index (χ4v) is 5.76. The molecule has 0 atom stereocenters. The Kier molecular flexibility index (Phi) is 10.5. The molecule has 0 fully saturated rings. The quantitative estimate of drug-likeness (QED) is 0.0897. The highest BCUT2D eigenvalue weighted by atomic mass is 32.2. The molecule has 11 heteroatoms. The molecule has 0 aliphatic rings. The van der Waals surface area contributed by atoms with Crippen molar-refractivity contribution in [1.29, 1.82) is 0 Å². The number of phenolic OH excluding ortho intramolecular Hbond substituents is 1. The molecule has 0 radical (unpaired) electrons. The van der Waals surface area contributed by atoms with Gasteiger partial charge in [-0.15, -0.1) is 23.1 Å². The molecule has 9 nitrogen and oxygen atoms in total. The van der Waals surface area contributed by atoms with Gasteiger partial charge in [-0.2, -0.15) is 0 Å². The Morgan fingerprint density at radius 1 is 0.935 bits per heavy atom.